The highest BCUT2D eigenvalue weighted by atomic mass is 19.1. The molecule has 0 aliphatic carbocycles. The highest BCUT2D eigenvalue weighted by Gasteiger charge is 2.30. The van der Waals surface area contributed by atoms with E-state index in [-0.39, 0.29) is 12.0 Å². The molecule has 4 heteroatoms. The third kappa shape index (κ3) is 1.65. The maximum absolute atomic E-state index is 12.8. The van der Waals surface area contributed by atoms with E-state index in [0.29, 0.717) is 18.7 Å². The summed E-state index contributed by atoms with van der Waals surface area (Å²) in [6.07, 6.45) is 1.17. The Balaban J connectivity index is 2.25. The molecule has 0 radical (unpaired) electrons. The van der Waals surface area contributed by atoms with Crippen molar-refractivity contribution >= 4 is 6.29 Å². The Morgan fingerprint density at radius 3 is 3.14 bits per heavy atom. The second kappa shape index (κ2) is 3.84. The first-order chi connectivity index (χ1) is 6.81. The Labute approximate surface area is 80.9 Å². The van der Waals surface area contributed by atoms with Crippen molar-refractivity contribution < 1.29 is 13.9 Å². The summed E-state index contributed by atoms with van der Waals surface area (Å²) in [5, 5.41) is 0. The number of ether oxygens (including phenoxy) is 1. The van der Waals surface area contributed by atoms with E-state index in [1.54, 1.807) is 12.1 Å². The van der Waals surface area contributed by atoms with Crippen LogP contribution in [0.2, 0.25) is 0 Å². The van der Waals surface area contributed by atoms with E-state index in [4.69, 9.17) is 4.74 Å². The fourth-order valence-corrected chi connectivity index (χ4v) is 1.63. The van der Waals surface area contributed by atoms with Crippen molar-refractivity contribution in [1.82, 2.24) is 4.98 Å². The van der Waals surface area contributed by atoms with E-state index in [1.807, 2.05) is 0 Å². The van der Waals surface area contributed by atoms with Crippen LogP contribution in [0.1, 0.15) is 18.2 Å². The third-order valence-electron chi connectivity index (χ3n) is 2.34. The van der Waals surface area contributed by atoms with Crippen LogP contribution >= 0.6 is 0 Å². The minimum absolute atomic E-state index is 0.190. The third-order valence-corrected chi connectivity index (χ3v) is 2.34. The van der Waals surface area contributed by atoms with Gasteiger partial charge in [0.1, 0.15) is 12.4 Å². The second-order valence-corrected chi connectivity index (χ2v) is 3.27. The van der Waals surface area contributed by atoms with E-state index in [9.17, 15) is 9.18 Å². The summed E-state index contributed by atoms with van der Waals surface area (Å²) in [6, 6.07) is 4.52. The Morgan fingerprint density at radius 2 is 2.43 bits per heavy atom. The summed E-state index contributed by atoms with van der Waals surface area (Å²) in [4.78, 5) is 14.4. The van der Waals surface area contributed by atoms with Gasteiger partial charge >= 0.3 is 0 Å². The van der Waals surface area contributed by atoms with E-state index in [1.165, 1.54) is 6.07 Å². The summed E-state index contributed by atoms with van der Waals surface area (Å²) < 4.78 is 18.1. The molecule has 2 unspecified atom stereocenters. The first kappa shape index (κ1) is 9.27. The molecule has 2 rings (SSSR count). The van der Waals surface area contributed by atoms with Crippen LogP contribution in [-0.2, 0) is 9.53 Å². The summed E-state index contributed by atoms with van der Waals surface area (Å²) in [6.45, 7) is 0.534. The van der Waals surface area contributed by atoms with Crippen molar-refractivity contribution in [1.29, 1.82) is 0 Å². The number of aldehydes is 1. The van der Waals surface area contributed by atoms with Crippen molar-refractivity contribution in [2.24, 2.45) is 5.92 Å². The summed E-state index contributed by atoms with van der Waals surface area (Å²) in [5.41, 5.74) is 0.500. The number of nitrogens with zero attached hydrogens (tertiary/aromatic N) is 1. The van der Waals surface area contributed by atoms with Gasteiger partial charge < -0.3 is 9.53 Å². The van der Waals surface area contributed by atoms with Crippen LogP contribution in [0.25, 0.3) is 0 Å². The SMILES string of the molecule is O=CC1CCOC1c1cccc(F)n1. The maximum Gasteiger partial charge on any atom is 0.213 e. The monoisotopic (exact) mass is 195 g/mol. The normalized spacial score (nSPS) is 26.4. The second-order valence-electron chi connectivity index (χ2n) is 3.27. The maximum atomic E-state index is 12.8. The van der Waals surface area contributed by atoms with Gasteiger partial charge in [0.25, 0.3) is 0 Å². The molecule has 1 aliphatic rings. The lowest BCUT2D eigenvalue weighted by molar-refractivity contribution is -0.112. The molecule has 0 saturated carbocycles. The molecule has 2 atom stereocenters. The van der Waals surface area contributed by atoms with Gasteiger partial charge in [0.2, 0.25) is 5.95 Å². The van der Waals surface area contributed by atoms with Gasteiger partial charge in [-0.15, -0.1) is 0 Å². The minimum Gasteiger partial charge on any atom is -0.371 e. The Hall–Kier alpha value is -1.29. The first-order valence-corrected chi connectivity index (χ1v) is 4.50. The van der Waals surface area contributed by atoms with Crippen molar-refractivity contribution in [3.05, 3.63) is 29.8 Å². The molecule has 1 saturated heterocycles. The van der Waals surface area contributed by atoms with Crippen molar-refractivity contribution in [2.45, 2.75) is 12.5 Å². The van der Waals surface area contributed by atoms with Crippen LogP contribution in [-0.4, -0.2) is 17.9 Å². The van der Waals surface area contributed by atoms with Crippen LogP contribution in [0.15, 0.2) is 18.2 Å². The smallest absolute Gasteiger partial charge is 0.213 e. The number of aromatic nitrogens is 1. The first-order valence-electron chi connectivity index (χ1n) is 4.50. The van der Waals surface area contributed by atoms with Crippen LogP contribution in [0.5, 0.6) is 0 Å². The number of pyridine rings is 1. The Kier molecular flexibility index (Phi) is 2.54. The van der Waals surface area contributed by atoms with Crippen LogP contribution < -0.4 is 0 Å². The molecule has 3 nitrogen and oxygen atoms in total. The molecule has 0 N–H and O–H groups in total. The van der Waals surface area contributed by atoms with Gasteiger partial charge in [-0.3, -0.25) is 0 Å². The quantitative estimate of drug-likeness (QED) is 0.530. The summed E-state index contributed by atoms with van der Waals surface area (Å²) >= 11 is 0. The molecule has 14 heavy (non-hydrogen) atoms. The standard InChI is InChI=1S/C10H10FNO2/c11-9-3-1-2-8(12-9)10-7(6-13)4-5-14-10/h1-3,6-7,10H,4-5H2. The molecule has 0 bridgehead atoms. The summed E-state index contributed by atoms with van der Waals surface area (Å²) in [7, 11) is 0. The molecule has 0 aromatic carbocycles. The highest BCUT2D eigenvalue weighted by Crippen LogP contribution is 2.31. The molecule has 74 valence electrons. The fourth-order valence-electron chi connectivity index (χ4n) is 1.63. The lowest BCUT2D eigenvalue weighted by atomic mass is 10.0. The van der Waals surface area contributed by atoms with Gasteiger partial charge in [0, 0.05) is 12.5 Å². The zero-order valence-electron chi connectivity index (χ0n) is 7.52. The van der Waals surface area contributed by atoms with Crippen molar-refractivity contribution in [3.8, 4) is 0 Å². The van der Waals surface area contributed by atoms with Gasteiger partial charge in [-0.05, 0) is 18.6 Å². The van der Waals surface area contributed by atoms with E-state index >= 15 is 0 Å². The van der Waals surface area contributed by atoms with Crippen LogP contribution in [0.3, 0.4) is 0 Å². The topological polar surface area (TPSA) is 39.2 Å². The van der Waals surface area contributed by atoms with E-state index in [2.05, 4.69) is 4.98 Å². The van der Waals surface area contributed by atoms with Gasteiger partial charge in [-0.2, -0.15) is 4.39 Å². The molecule has 1 aromatic rings. The fraction of sp³-hybridized carbons (Fsp3) is 0.400. The van der Waals surface area contributed by atoms with Gasteiger partial charge in [-0.25, -0.2) is 4.98 Å². The number of carbonyl (C=O) groups is 1. The molecular formula is C10H10FNO2. The Morgan fingerprint density at radius 1 is 1.57 bits per heavy atom. The number of carbonyl (C=O) groups excluding carboxylic acids is 1. The molecular weight excluding hydrogens is 185 g/mol. The molecule has 0 spiro atoms. The highest BCUT2D eigenvalue weighted by molar-refractivity contribution is 5.55. The van der Waals surface area contributed by atoms with Gasteiger partial charge in [0.15, 0.2) is 0 Å². The number of hydrogen-bond donors (Lipinski definition) is 0. The zero-order valence-corrected chi connectivity index (χ0v) is 7.52. The van der Waals surface area contributed by atoms with Crippen LogP contribution in [0, 0.1) is 11.9 Å². The molecule has 0 amide bonds. The number of hydrogen-bond acceptors (Lipinski definition) is 3. The van der Waals surface area contributed by atoms with Crippen molar-refractivity contribution in [2.75, 3.05) is 6.61 Å². The van der Waals surface area contributed by atoms with Crippen molar-refractivity contribution in [3.63, 3.8) is 0 Å². The Bertz CT molecular complexity index is 343. The molecule has 2 heterocycles. The predicted octanol–water partition coefficient (Wildman–Crippen LogP) is 1.50. The number of rotatable bonds is 2. The predicted molar refractivity (Wildman–Crippen MR) is 47.1 cm³/mol. The van der Waals surface area contributed by atoms with Crippen LogP contribution in [0.4, 0.5) is 4.39 Å². The summed E-state index contributed by atoms with van der Waals surface area (Å²) in [5.74, 6) is -0.730. The van der Waals surface area contributed by atoms with Gasteiger partial charge in [0.05, 0.1) is 5.69 Å². The van der Waals surface area contributed by atoms with E-state index in [0.717, 1.165) is 6.29 Å². The van der Waals surface area contributed by atoms with E-state index < -0.39 is 5.95 Å². The zero-order chi connectivity index (χ0) is 9.97. The lowest BCUT2D eigenvalue weighted by Crippen LogP contribution is -2.10. The van der Waals surface area contributed by atoms with Gasteiger partial charge in [-0.1, -0.05) is 6.07 Å². The molecule has 1 aliphatic heterocycles. The molecule has 1 aromatic heterocycles. The average molecular weight is 195 g/mol. The largest absolute Gasteiger partial charge is 0.371 e. The number of halogens is 1. The average Bonchev–Trinajstić information content (AvgIpc) is 2.65. The molecule has 1 fully saturated rings. The minimum atomic E-state index is -0.539. The lowest BCUT2D eigenvalue weighted by Gasteiger charge is -2.12.